The molecule has 0 aromatic carbocycles. The third kappa shape index (κ3) is 16.7. The average molecular weight is 423 g/mol. The van der Waals surface area contributed by atoms with Crippen LogP contribution >= 0.6 is 7.82 Å². The standard InChI is InChI=1S/C21H44NO5P/c1-4-6-7-8-9-10-11-12-13-14-19(3)15-16-21(23)20(22)18-27-28(24,25)26-17-5-2/h15-16,19-21,23H,4-14,17-18,22H2,1-3H3,(H,24,25)/p+1/b16-15+. The number of phosphoric ester groups is 1. The predicted molar refractivity (Wildman–Crippen MR) is 115 cm³/mol. The molecule has 5 N–H and O–H groups in total. The van der Waals surface area contributed by atoms with Gasteiger partial charge in [0.1, 0.15) is 18.8 Å². The van der Waals surface area contributed by atoms with Gasteiger partial charge in [0.2, 0.25) is 0 Å². The van der Waals surface area contributed by atoms with Gasteiger partial charge in [-0.15, -0.1) is 0 Å². The number of allylic oxidation sites excluding steroid dienone is 1. The van der Waals surface area contributed by atoms with Crippen LogP contribution in [0.2, 0.25) is 0 Å². The van der Waals surface area contributed by atoms with Crippen molar-refractivity contribution < 1.29 is 29.3 Å². The lowest BCUT2D eigenvalue weighted by Crippen LogP contribution is -2.68. The van der Waals surface area contributed by atoms with Gasteiger partial charge in [-0.05, 0) is 18.8 Å². The quantitative estimate of drug-likeness (QED) is 0.160. The number of hydrogen-bond donors (Lipinski definition) is 3. The predicted octanol–water partition coefficient (Wildman–Crippen LogP) is 4.61. The van der Waals surface area contributed by atoms with Gasteiger partial charge in [-0.2, -0.15) is 0 Å². The van der Waals surface area contributed by atoms with Crippen LogP contribution in [0.5, 0.6) is 0 Å². The minimum absolute atomic E-state index is 0.129. The van der Waals surface area contributed by atoms with Crippen molar-refractivity contribution in [3.63, 3.8) is 0 Å². The Morgan fingerprint density at radius 1 is 0.929 bits per heavy atom. The Morgan fingerprint density at radius 3 is 2.07 bits per heavy atom. The van der Waals surface area contributed by atoms with E-state index in [1.165, 1.54) is 57.8 Å². The summed E-state index contributed by atoms with van der Waals surface area (Å²) in [5.41, 5.74) is 3.81. The first-order valence-corrected chi connectivity index (χ1v) is 12.6. The van der Waals surface area contributed by atoms with E-state index in [0.717, 1.165) is 6.42 Å². The zero-order chi connectivity index (χ0) is 21.3. The maximum atomic E-state index is 11.6. The minimum Gasteiger partial charge on any atom is -0.383 e. The SMILES string of the molecule is CCCCCCCCCCCC(C)/C=C/C(O)C([NH3+])COP(=O)(O)OCCC. The summed E-state index contributed by atoms with van der Waals surface area (Å²) in [4.78, 5) is 9.49. The Kier molecular flexibility index (Phi) is 17.5. The van der Waals surface area contributed by atoms with Crippen molar-refractivity contribution in [3.8, 4) is 0 Å². The molecule has 6 nitrogen and oxygen atoms in total. The van der Waals surface area contributed by atoms with Gasteiger partial charge in [-0.3, -0.25) is 9.05 Å². The fraction of sp³-hybridized carbons (Fsp3) is 0.905. The van der Waals surface area contributed by atoms with Gasteiger partial charge in [0.15, 0.2) is 0 Å². The first-order valence-electron chi connectivity index (χ1n) is 11.1. The van der Waals surface area contributed by atoms with Crippen molar-refractivity contribution in [1.82, 2.24) is 0 Å². The van der Waals surface area contributed by atoms with Crippen LogP contribution in [0.15, 0.2) is 12.2 Å². The summed E-state index contributed by atoms with van der Waals surface area (Å²) in [5, 5.41) is 10.1. The molecule has 0 saturated carbocycles. The van der Waals surface area contributed by atoms with Crippen LogP contribution in [0.25, 0.3) is 0 Å². The molecule has 0 aromatic heterocycles. The maximum absolute atomic E-state index is 11.6. The second-order valence-corrected chi connectivity index (χ2v) is 9.28. The maximum Gasteiger partial charge on any atom is 0.472 e. The number of unbranched alkanes of at least 4 members (excludes halogenated alkanes) is 8. The van der Waals surface area contributed by atoms with E-state index < -0.39 is 20.0 Å². The van der Waals surface area contributed by atoms with Crippen molar-refractivity contribution in [2.24, 2.45) is 5.92 Å². The number of aliphatic hydroxyl groups is 1. The molecule has 0 aliphatic rings. The van der Waals surface area contributed by atoms with Crippen LogP contribution in [-0.4, -0.2) is 35.4 Å². The van der Waals surface area contributed by atoms with E-state index in [0.29, 0.717) is 12.3 Å². The second kappa shape index (κ2) is 17.6. The summed E-state index contributed by atoms with van der Waals surface area (Å²) in [6.07, 6.45) is 16.5. The molecule has 0 spiro atoms. The van der Waals surface area contributed by atoms with Crippen molar-refractivity contribution in [3.05, 3.63) is 12.2 Å². The molecule has 0 aromatic rings. The molecule has 168 valence electrons. The smallest absolute Gasteiger partial charge is 0.383 e. The van der Waals surface area contributed by atoms with Crippen LogP contribution < -0.4 is 5.73 Å². The lowest BCUT2D eigenvalue weighted by molar-refractivity contribution is -0.437. The molecule has 0 bridgehead atoms. The first kappa shape index (κ1) is 27.8. The largest absolute Gasteiger partial charge is 0.472 e. The summed E-state index contributed by atoms with van der Waals surface area (Å²) in [7, 11) is -4.05. The molecule has 0 radical (unpaired) electrons. The van der Waals surface area contributed by atoms with E-state index in [-0.39, 0.29) is 13.2 Å². The Hall–Kier alpha value is -0.230. The van der Waals surface area contributed by atoms with Gasteiger partial charge in [0, 0.05) is 0 Å². The Morgan fingerprint density at radius 2 is 1.50 bits per heavy atom. The lowest BCUT2D eigenvalue weighted by atomic mass is 10.00. The second-order valence-electron chi connectivity index (χ2n) is 7.83. The molecular weight excluding hydrogens is 377 g/mol. The molecule has 7 heteroatoms. The van der Waals surface area contributed by atoms with Crippen molar-refractivity contribution in [2.45, 2.75) is 104 Å². The van der Waals surface area contributed by atoms with Crippen LogP contribution in [0.4, 0.5) is 0 Å². The normalized spacial score (nSPS) is 17.5. The van der Waals surface area contributed by atoms with Crippen LogP contribution in [0.3, 0.4) is 0 Å². The highest BCUT2D eigenvalue weighted by atomic mass is 31.2. The highest BCUT2D eigenvalue weighted by Crippen LogP contribution is 2.43. The fourth-order valence-electron chi connectivity index (χ4n) is 2.87. The summed E-state index contributed by atoms with van der Waals surface area (Å²) in [6.45, 7) is 6.26. The molecular formula is C21H45NO5P+. The van der Waals surface area contributed by atoms with Crippen molar-refractivity contribution >= 4 is 7.82 Å². The number of rotatable bonds is 19. The van der Waals surface area contributed by atoms with Gasteiger partial charge in [-0.25, -0.2) is 4.57 Å². The zero-order valence-corrected chi connectivity index (χ0v) is 19.2. The van der Waals surface area contributed by atoms with Crippen molar-refractivity contribution in [2.75, 3.05) is 13.2 Å². The monoisotopic (exact) mass is 422 g/mol. The van der Waals surface area contributed by atoms with E-state index in [9.17, 15) is 14.6 Å². The molecule has 0 aliphatic heterocycles. The van der Waals surface area contributed by atoms with Gasteiger partial charge >= 0.3 is 7.82 Å². The molecule has 4 atom stereocenters. The molecule has 0 heterocycles. The molecule has 0 aliphatic carbocycles. The van der Waals surface area contributed by atoms with E-state index >= 15 is 0 Å². The zero-order valence-electron chi connectivity index (χ0n) is 18.4. The van der Waals surface area contributed by atoms with Gasteiger partial charge in [-0.1, -0.05) is 90.7 Å². The van der Waals surface area contributed by atoms with Gasteiger partial charge < -0.3 is 15.7 Å². The number of hydrogen-bond acceptors (Lipinski definition) is 4. The Labute approximate surface area is 172 Å². The molecule has 0 rings (SSSR count). The molecule has 0 amide bonds. The number of aliphatic hydroxyl groups excluding tert-OH is 1. The molecule has 0 saturated heterocycles. The summed E-state index contributed by atoms with van der Waals surface area (Å²) >= 11 is 0. The molecule has 4 unspecified atom stereocenters. The highest BCUT2D eigenvalue weighted by molar-refractivity contribution is 7.47. The van der Waals surface area contributed by atoms with E-state index in [1.807, 2.05) is 13.0 Å². The first-order chi connectivity index (χ1) is 13.3. The van der Waals surface area contributed by atoms with E-state index in [2.05, 4.69) is 19.6 Å². The average Bonchev–Trinajstić information content (AvgIpc) is 2.67. The van der Waals surface area contributed by atoms with E-state index in [4.69, 9.17) is 9.05 Å². The summed E-state index contributed by atoms with van der Waals surface area (Å²) in [6, 6.07) is -0.526. The minimum atomic E-state index is -4.05. The molecule has 28 heavy (non-hydrogen) atoms. The fourth-order valence-corrected chi connectivity index (χ4v) is 3.73. The topological polar surface area (TPSA) is 104 Å². The van der Waals surface area contributed by atoms with Gasteiger partial charge in [0.05, 0.1) is 6.61 Å². The van der Waals surface area contributed by atoms with Crippen molar-refractivity contribution in [1.29, 1.82) is 0 Å². The summed E-state index contributed by atoms with van der Waals surface area (Å²) < 4.78 is 21.3. The Bertz CT molecular complexity index is 433. The van der Waals surface area contributed by atoms with Gasteiger partial charge in [0.25, 0.3) is 0 Å². The molecule has 0 fully saturated rings. The van der Waals surface area contributed by atoms with Crippen LogP contribution in [0, 0.1) is 5.92 Å². The third-order valence-electron chi connectivity index (χ3n) is 4.79. The number of quaternary nitrogens is 1. The third-order valence-corrected chi connectivity index (χ3v) is 5.78. The lowest BCUT2D eigenvalue weighted by Gasteiger charge is -2.16. The van der Waals surface area contributed by atoms with Crippen LogP contribution in [0.1, 0.15) is 91.4 Å². The number of phosphoric acid groups is 1. The Balaban J connectivity index is 3.85. The highest BCUT2D eigenvalue weighted by Gasteiger charge is 2.25. The summed E-state index contributed by atoms with van der Waals surface area (Å²) in [5.74, 6) is 0.393. The van der Waals surface area contributed by atoms with E-state index in [1.54, 1.807) is 6.08 Å². The van der Waals surface area contributed by atoms with Crippen LogP contribution in [-0.2, 0) is 13.6 Å².